The minimum atomic E-state index is -1.06. The average Bonchev–Trinajstić information content (AvgIpc) is 2.63. The lowest BCUT2D eigenvalue weighted by Crippen LogP contribution is -1.99. The SMILES string of the molecule is O=C(O)c1ccc(F)cc1-c1cscc1Br. The molecule has 1 heterocycles. The van der Waals surface area contributed by atoms with Crippen LogP contribution in [0, 0.1) is 5.82 Å². The Morgan fingerprint density at radius 3 is 2.62 bits per heavy atom. The number of carboxylic acids is 1. The zero-order chi connectivity index (χ0) is 11.7. The first-order valence-electron chi connectivity index (χ1n) is 4.34. The summed E-state index contributed by atoms with van der Waals surface area (Å²) in [6.07, 6.45) is 0. The van der Waals surface area contributed by atoms with Crippen LogP contribution in [-0.2, 0) is 0 Å². The zero-order valence-electron chi connectivity index (χ0n) is 7.91. The lowest BCUT2D eigenvalue weighted by Gasteiger charge is -2.05. The quantitative estimate of drug-likeness (QED) is 0.910. The molecule has 0 amide bonds. The Balaban J connectivity index is 2.67. The van der Waals surface area contributed by atoms with E-state index in [0.717, 1.165) is 10.5 Å². The molecule has 16 heavy (non-hydrogen) atoms. The number of hydrogen-bond acceptors (Lipinski definition) is 2. The van der Waals surface area contributed by atoms with Crippen molar-refractivity contribution in [1.29, 1.82) is 0 Å². The van der Waals surface area contributed by atoms with Crippen LogP contribution in [0.5, 0.6) is 0 Å². The summed E-state index contributed by atoms with van der Waals surface area (Å²) >= 11 is 4.73. The molecule has 2 nitrogen and oxygen atoms in total. The van der Waals surface area contributed by atoms with Gasteiger partial charge in [0.25, 0.3) is 0 Å². The van der Waals surface area contributed by atoms with Crippen LogP contribution in [0.3, 0.4) is 0 Å². The van der Waals surface area contributed by atoms with Crippen LogP contribution >= 0.6 is 27.3 Å². The first-order valence-corrected chi connectivity index (χ1v) is 6.08. The molecule has 0 aliphatic carbocycles. The molecule has 1 aromatic carbocycles. The standard InChI is InChI=1S/C11H6BrFO2S/c12-10-5-16-4-9(10)8-3-6(13)1-2-7(8)11(14)15/h1-5H,(H,14,15). The van der Waals surface area contributed by atoms with E-state index >= 15 is 0 Å². The van der Waals surface area contributed by atoms with E-state index in [1.807, 2.05) is 5.38 Å². The molecule has 82 valence electrons. The van der Waals surface area contributed by atoms with Crippen molar-refractivity contribution in [3.05, 3.63) is 44.8 Å². The van der Waals surface area contributed by atoms with Gasteiger partial charge in [-0.15, -0.1) is 0 Å². The molecule has 2 rings (SSSR count). The predicted molar refractivity (Wildman–Crippen MR) is 64.4 cm³/mol. The van der Waals surface area contributed by atoms with Gasteiger partial charge < -0.3 is 5.11 Å². The van der Waals surface area contributed by atoms with Crippen molar-refractivity contribution in [3.63, 3.8) is 0 Å². The van der Waals surface area contributed by atoms with Crippen LogP contribution < -0.4 is 0 Å². The van der Waals surface area contributed by atoms with Crippen LogP contribution in [0.4, 0.5) is 4.39 Å². The molecule has 1 aromatic heterocycles. The van der Waals surface area contributed by atoms with Gasteiger partial charge in [-0.05, 0) is 39.5 Å². The third-order valence-electron chi connectivity index (χ3n) is 2.12. The number of hydrogen-bond donors (Lipinski definition) is 1. The Morgan fingerprint density at radius 1 is 1.31 bits per heavy atom. The van der Waals surface area contributed by atoms with E-state index in [2.05, 4.69) is 15.9 Å². The summed E-state index contributed by atoms with van der Waals surface area (Å²) in [6.45, 7) is 0. The predicted octanol–water partition coefficient (Wildman–Crippen LogP) is 4.01. The first kappa shape index (κ1) is 11.3. The molecule has 0 spiro atoms. The second-order valence-corrected chi connectivity index (χ2v) is 4.73. The van der Waals surface area contributed by atoms with Gasteiger partial charge in [-0.2, -0.15) is 11.3 Å². The summed E-state index contributed by atoms with van der Waals surface area (Å²) in [5.74, 6) is -1.51. The largest absolute Gasteiger partial charge is 0.478 e. The molecule has 5 heteroatoms. The molecular weight excluding hydrogens is 295 g/mol. The van der Waals surface area contributed by atoms with Crippen LogP contribution in [0.25, 0.3) is 11.1 Å². The minimum absolute atomic E-state index is 0.0977. The first-order chi connectivity index (χ1) is 7.59. The number of aromatic carboxylic acids is 1. The maximum absolute atomic E-state index is 13.1. The van der Waals surface area contributed by atoms with Crippen LogP contribution in [0.1, 0.15) is 10.4 Å². The van der Waals surface area contributed by atoms with Gasteiger partial charge in [0.15, 0.2) is 0 Å². The van der Waals surface area contributed by atoms with E-state index in [-0.39, 0.29) is 5.56 Å². The van der Waals surface area contributed by atoms with Crippen LogP contribution in [0.2, 0.25) is 0 Å². The van der Waals surface area contributed by atoms with E-state index in [1.54, 1.807) is 5.38 Å². The van der Waals surface area contributed by atoms with Crippen LogP contribution in [0.15, 0.2) is 33.4 Å². The van der Waals surface area contributed by atoms with Gasteiger partial charge in [-0.1, -0.05) is 0 Å². The van der Waals surface area contributed by atoms with E-state index in [1.165, 1.54) is 23.5 Å². The maximum Gasteiger partial charge on any atom is 0.336 e. The van der Waals surface area contributed by atoms with Crippen LogP contribution in [-0.4, -0.2) is 11.1 Å². The summed E-state index contributed by atoms with van der Waals surface area (Å²) in [7, 11) is 0. The molecule has 0 aliphatic heterocycles. The van der Waals surface area contributed by atoms with Gasteiger partial charge in [0, 0.05) is 21.0 Å². The van der Waals surface area contributed by atoms with Crippen molar-refractivity contribution in [2.75, 3.05) is 0 Å². The molecule has 0 saturated heterocycles. The van der Waals surface area contributed by atoms with E-state index < -0.39 is 11.8 Å². The van der Waals surface area contributed by atoms with Crippen molar-refractivity contribution in [3.8, 4) is 11.1 Å². The molecule has 0 atom stereocenters. The molecular formula is C11H6BrFO2S. The molecule has 0 saturated carbocycles. The fraction of sp³-hybridized carbons (Fsp3) is 0. The van der Waals surface area contributed by atoms with E-state index in [9.17, 15) is 9.18 Å². The smallest absolute Gasteiger partial charge is 0.336 e. The number of carboxylic acid groups (broad SMARTS) is 1. The highest BCUT2D eigenvalue weighted by Crippen LogP contribution is 2.34. The molecule has 2 aromatic rings. The zero-order valence-corrected chi connectivity index (χ0v) is 10.3. The molecule has 0 fully saturated rings. The Bertz CT molecular complexity index is 551. The highest BCUT2D eigenvalue weighted by Gasteiger charge is 2.15. The molecule has 1 N–H and O–H groups in total. The lowest BCUT2D eigenvalue weighted by molar-refractivity contribution is 0.0697. The van der Waals surface area contributed by atoms with Crippen molar-refractivity contribution in [2.45, 2.75) is 0 Å². The topological polar surface area (TPSA) is 37.3 Å². The summed E-state index contributed by atoms with van der Waals surface area (Å²) in [5.41, 5.74) is 1.18. The fourth-order valence-corrected chi connectivity index (χ4v) is 2.91. The summed E-state index contributed by atoms with van der Waals surface area (Å²) < 4.78 is 13.9. The Morgan fingerprint density at radius 2 is 2.06 bits per heavy atom. The maximum atomic E-state index is 13.1. The Labute approximate surface area is 103 Å². The molecule has 0 radical (unpaired) electrons. The van der Waals surface area contributed by atoms with Gasteiger partial charge in [-0.3, -0.25) is 0 Å². The fourth-order valence-electron chi connectivity index (χ4n) is 1.40. The van der Waals surface area contributed by atoms with Crippen molar-refractivity contribution in [2.24, 2.45) is 0 Å². The normalized spacial score (nSPS) is 10.4. The third-order valence-corrected chi connectivity index (χ3v) is 3.82. The van der Waals surface area contributed by atoms with Gasteiger partial charge in [0.2, 0.25) is 0 Å². The van der Waals surface area contributed by atoms with Gasteiger partial charge in [0.1, 0.15) is 5.82 Å². The van der Waals surface area contributed by atoms with Gasteiger partial charge >= 0.3 is 5.97 Å². The second-order valence-electron chi connectivity index (χ2n) is 3.13. The lowest BCUT2D eigenvalue weighted by atomic mass is 10.0. The van der Waals surface area contributed by atoms with Crippen molar-refractivity contribution >= 4 is 33.2 Å². The average molecular weight is 301 g/mol. The summed E-state index contributed by atoms with van der Waals surface area (Å²) in [4.78, 5) is 11.0. The molecule has 0 unspecified atom stereocenters. The van der Waals surface area contributed by atoms with E-state index in [4.69, 9.17) is 5.11 Å². The highest BCUT2D eigenvalue weighted by molar-refractivity contribution is 9.10. The van der Waals surface area contributed by atoms with E-state index in [0.29, 0.717) is 11.1 Å². The van der Waals surface area contributed by atoms with Gasteiger partial charge in [0.05, 0.1) is 5.56 Å². The number of rotatable bonds is 2. The third kappa shape index (κ3) is 2.01. The Hall–Kier alpha value is -1.20. The molecule has 0 bridgehead atoms. The van der Waals surface area contributed by atoms with Gasteiger partial charge in [-0.25, -0.2) is 9.18 Å². The minimum Gasteiger partial charge on any atom is -0.478 e. The second kappa shape index (κ2) is 4.35. The number of benzene rings is 1. The van der Waals surface area contributed by atoms with Crippen molar-refractivity contribution < 1.29 is 14.3 Å². The number of halogens is 2. The highest BCUT2D eigenvalue weighted by atomic mass is 79.9. The Kier molecular flexibility index (Phi) is 3.07. The number of carbonyl (C=O) groups is 1. The number of thiophene rings is 1. The monoisotopic (exact) mass is 300 g/mol. The molecule has 0 aliphatic rings. The summed E-state index contributed by atoms with van der Waals surface area (Å²) in [6, 6.07) is 3.65. The summed E-state index contributed by atoms with van der Waals surface area (Å²) in [5, 5.41) is 12.6. The van der Waals surface area contributed by atoms with Crippen molar-refractivity contribution in [1.82, 2.24) is 0 Å².